The average molecular weight is 432 g/mol. The highest BCUT2D eigenvalue weighted by Gasteiger charge is 2.33. The van der Waals surface area contributed by atoms with Crippen molar-refractivity contribution in [3.8, 4) is 5.75 Å². The number of anilines is 1. The molecule has 1 aromatic heterocycles. The fraction of sp³-hybridized carbons (Fsp3) is 0.125. The predicted molar refractivity (Wildman–Crippen MR) is 89.6 cm³/mol. The molecule has 1 heterocycles. The molecule has 3 rings (SSSR count). The molecule has 0 spiro atoms. The van der Waals surface area contributed by atoms with Gasteiger partial charge in [-0.1, -0.05) is 18.2 Å². The normalized spacial score (nSPS) is 11.6. The molecule has 136 valence electrons. The van der Waals surface area contributed by atoms with Gasteiger partial charge in [0, 0.05) is 15.4 Å². The summed E-state index contributed by atoms with van der Waals surface area (Å²) in [6, 6.07) is 7.68. The van der Waals surface area contributed by atoms with Gasteiger partial charge in [0.15, 0.2) is 17.3 Å². The lowest BCUT2D eigenvalue weighted by atomic mass is 10.1. The van der Waals surface area contributed by atoms with Crippen LogP contribution in [0.15, 0.2) is 34.8 Å². The van der Waals surface area contributed by atoms with Crippen molar-refractivity contribution in [2.75, 3.05) is 5.32 Å². The third kappa shape index (κ3) is 3.50. The molecule has 0 bridgehead atoms. The molecule has 0 radical (unpaired) electrons. The van der Waals surface area contributed by atoms with Crippen molar-refractivity contribution >= 4 is 38.4 Å². The van der Waals surface area contributed by atoms with Crippen LogP contribution in [0, 0.1) is 12.7 Å². The summed E-state index contributed by atoms with van der Waals surface area (Å²) in [5.41, 5.74) is 0.470. The van der Waals surface area contributed by atoms with Crippen LogP contribution in [0.3, 0.4) is 0 Å². The summed E-state index contributed by atoms with van der Waals surface area (Å²) in [5, 5.41) is 9.62. The van der Waals surface area contributed by atoms with Crippen LogP contribution in [0.1, 0.15) is 16.1 Å². The molecule has 26 heavy (non-hydrogen) atoms. The summed E-state index contributed by atoms with van der Waals surface area (Å²) in [7, 11) is 0. The van der Waals surface area contributed by atoms with Gasteiger partial charge in [0.25, 0.3) is 5.91 Å². The van der Waals surface area contributed by atoms with E-state index >= 15 is 0 Å². The number of rotatable bonds is 3. The minimum Gasteiger partial charge on any atom is -0.403 e. The second kappa shape index (κ2) is 6.60. The lowest BCUT2D eigenvalue weighted by molar-refractivity contribution is -0.275. The van der Waals surface area contributed by atoms with Gasteiger partial charge in [-0.15, -0.1) is 13.2 Å². The standard InChI is InChI=1S/C16H10BrF4N3O2/c1-7-12(18)11(26-16(19,20)21)6-9(17)13(7)22-15(25)14-8-4-2-3-5-10(8)23-24-14/h2-6H,1H3,(H,22,25)(H,23,24). The number of alkyl halides is 3. The number of aromatic nitrogens is 2. The molecule has 2 N–H and O–H groups in total. The van der Waals surface area contributed by atoms with E-state index in [1.807, 2.05) is 0 Å². The Kier molecular flexibility index (Phi) is 4.61. The fourth-order valence-electron chi connectivity index (χ4n) is 2.39. The fourth-order valence-corrected chi connectivity index (χ4v) is 2.99. The number of amides is 1. The van der Waals surface area contributed by atoms with Crippen molar-refractivity contribution in [2.24, 2.45) is 0 Å². The number of hydrogen-bond acceptors (Lipinski definition) is 3. The van der Waals surface area contributed by atoms with Gasteiger partial charge in [-0.05, 0) is 35.0 Å². The lowest BCUT2D eigenvalue weighted by Gasteiger charge is -2.15. The van der Waals surface area contributed by atoms with Gasteiger partial charge >= 0.3 is 6.36 Å². The minimum absolute atomic E-state index is 0.0193. The third-order valence-electron chi connectivity index (χ3n) is 3.57. The van der Waals surface area contributed by atoms with Gasteiger partial charge < -0.3 is 10.1 Å². The molecule has 0 unspecified atom stereocenters. The van der Waals surface area contributed by atoms with Crippen molar-refractivity contribution < 1.29 is 27.1 Å². The highest BCUT2D eigenvalue weighted by molar-refractivity contribution is 9.10. The number of benzene rings is 2. The first-order valence-electron chi connectivity index (χ1n) is 7.16. The molecule has 0 fully saturated rings. The minimum atomic E-state index is -5.04. The van der Waals surface area contributed by atoms with Crippen LogP contribution < -0.4 is 10.1 Å². The Morgan fingerprint density at radius 3 is 2.69 bits per heavy atom. The van der Waals surface area contributed by atoms with E-state index in [-0.39, 0.29) is 21.4 Å². The third-order valence-corrected chi connectivity index (χ3v) is 4.19. The summed E-state index contributed by atoms with van der Waals surface area (Å²) in [6.45, 7) is 1.22. The topological polar surface area (TPSA) is 67.0 Å². The van der Waals surface area contributed by atoms with E-state index in [2.05, 4.69) is 36.2 Å². The number of carbonyl (C=O) groups is 1. The maximum atomic E-state index is 14.2. The number of nitrogens with one attached hydrogen (secondary N) is 2. The van der Waals surface area contributed by atoms with Crippen LogP contribution in [0.2, 0.25) is 0 Å². The molecule has 0 aliphatic heterocycles. The highest BCUT2D eigenvalue weighted by atomic mass is 79.9. The molecule has 5 nitrogen and oxygen atoms in total. The van der Waals surface area contributed by atoms with E-state index in [9.17, 15) is 22.4 Å². The molecular weight excluding hydrogens is 422 g/mol. The first-order valence-corrected chi connectivity index (χ1v) is 7.95. The van der Waals surface area contributed by atoms with Crippen LogP contribution in [-0.4, -0.2) is 22.5 Å². The van der Waals surface area contributed by atoms with Gasteiger partial charge in [0.2, 0.25) is 0 Å². The first kappa shape index (κ1) is 18.2. The molecule has 0 saturated heterocycles. The van der Waals surface area contributed by atoms with E-state index in [4.69, 9.17) is 0 Å². The number of hydrogen-bond donors (Lipinski definition) is 2. The summed E-state index contributed by atoms with van der Waals surface area (Å²) in [4.78, 5) is 12.5. The van der Waals surface area contributed by atoms with Crippen molar-refractivity contribution in [2.45, 2.75) is 13.3 Å². The van der Waals surface area contributed by atoms with E-state index in [0.29, 0.717) is 10.9 Å². The maximum Gasteiger partial charge on any atom is 0.573 e. The van der Waals surface area contributed by atoms with Crippen molar-refractivity contribution in [3.05, 3.63) is 51.9 Å². The number of halogens is 5. The Morgan fingerprint density at radius 2 is 2.00 bits per heavy atom. The number of para-hydroxylation sites is 1. The SMILES string of the molecule is Cc1c(F)c(OC(F)(F)F)cc(Br)c1NC(=O)c1n[nH]c2ccccc12. The molecule has 1 amide bonds. The molecule has 0 aliphatic carbocycles. The Morgan fingerprint density at radius 1 is 1.31 bits per heavy atom. The summed E-state index contributed by atoms with van der Waals surface area (Å²) < 4.78 is 54.9. The quantitative estimate of drug-likeness (QED) is 0.578. The molecule has 0 saturated carbocycles. The van der Waals surface area contributed by atoms with E-state index < -0.39 is 23.8 Å². The smallest absolute Gasteiger partial charge is 0.403 e. The van der Waals surface area contributed by atoms with Crippen LogP contribution in [-0.2, 0) is 0 Å². The summed E-state index contributed by atoms with van der Waals surface area (Å²) in [6.07, 6.45) is -5.04. The van der Waals surface area contributed by atoms with Crippen LogP contribution >= 0.6 is 15.9 Å². The van der Waals surface area contributed by atoms with Crippen molar-refractivity contribution in [3.63, 3.8) is 0 Å². The number of H-pyrrole nitrogens is 1. The first-order chi connectivity index (χ1) is 12.2. The summed E-state index contributed by atoms with van der Waals surface area (Å²) in [5.74, 6) is -2.87. The van der Waals surface area contributed by atoms with Gasteiger partial charge in [-0.25, -0.2) is 4.39 Å². The Labute approximate surface area is 152 Å². The van der Waals surface area contributed by atoms with E-state index in [1.165, 1.54) is 6.92 Å². The molecule has 0 atom stereocenters. The second-order valence-electron chi connectivity index (χ2n) is 5.29. The zero-order chi connectivity index (χ0) is 19.1. The highest BCUT2D eigenvalue weighted by Crippen LogP contribution is 2.37. The van der Waals surface area contributed by atoms with Gasteiger partial charge in [0.05, 0.1) is 11.2 Å². The van der Waals surface area contributed by atoms with Crippen LogP contribution in [0.4, 0.5) is 23.2 Å². The molecule has 3 aromatic rings. The van der Waals surface area contributed by atoms with Crippen LogP contribution in [0.25, 0.3) is 10.9 Å². The van der Waals surface area contributed by atoms with Crippen LogP contribution in [0.5, 0.6) is 5.75 Å². The predicted octanol–water partition coefficient (Wildman–Crippen LogP) is 4.92. The van der Waals surface area contributed by atoms with Crippen molar-refractivity contribution in [1.82, 2.24) is 10.2 Å². The Hall–Kier alpha value is -2.62. The summed E-state index contributed by atoms with van der Waals surface area (Å²) >= 11 is 3.02. The molecular formula is C16H10BrF4N3O2. The zero-order valence-corrected chi connectivity index (χ0v) is 14.6. The number of ether oxygens (including phenoxy) is 1. The van der Waals surface area contributed by atoms with Gasteiger partial charge in [0.1, 0.15) is 0 Å². The van der Waals surface area contributed by atoms with Gasteiger partial charge in [-0.2, -0.15) is 5.10 Å². The number of fused-ring (bicyclic) bond motifs is 1. The van der Waals surface area contributed by atoms with E-state index in [0.717, 1.165) is 6.07 Å². The number of aromatic amines is 1. The molecule has 10 heteroatoms. The molecule has 2 aromatic carbocycles. The Balaban J connectivity index is 1.95. The van der Waals surface area contributed by atoms with Crippen molar-refractivity contribution in [1.29, 1.82) is 0 Å². The van der Waals surface area contributed by atoms with Gasteiger partial charge in [-0.3, -0.25) is 9.89 Å². The van der Waals surface area contributed by atoms with E-state index in [1.54, 1.807) is 24.3 Å². The maximum absolute atomic E-state index is 14.2. The lowest BCUT2D eigenvalue weighted by Crippen LogP contribution is -2.19. The Bertz CT molecular complexity index is 1000. The molecule has 0 aliphatic rings. The largest absolute Gasteiger partial charge is 0.573 e. The average Bonchev–Trinajstić information content (AvgIpc) is 2.99. The number of carbonyl (C=O) groups excluding carboxylic acids is 1. The monoisotopic (exact) mass is 431 g/mol. The zero-order valence-electron chi connectivity index (χ0n) is 13.0. The number of nitrogens with zero attached hydrogens (tertiary/aromatic N) is 1. The second-order valence-corrected chi connectivity index (χ2v) is 6.14.